The molecule has 3 rings (SSSR count). The second kappa shape index (κ2) is 10.2. The fourth-order valence-electron chi connectivity index (χ4n) is 4.49. The summed E-state index contributed by atoms with van der Waals surface area (Å²) in [6.45, 7) is 6.55. The van der Waals surface area contributed by atoms with E-state index in [2.05, 4.69) is 4.72 Å². The third-order valence-electron chi connectivity index (χ3n) is 6.52. The quantitative estimate of drug-likeness (QED) is 0.612. The van der Waals surface area contributed by atoms with Crippen LogP contribution >= 0.6 is 0 Å². The zero-order chi connectivity index (χ0) is 24.3. The number of likely N-dealkylation sites (tertiary alicyclic amines) is 2. The molecule has 182 valence electrons. The molecule has 2 aliphatic rings. The molecular formula is C23H33N3O6S. The Morgan fingerprint density at radius 2 is 1.64 bits per heavy atom. The van der Waals surface area contributed by atoms with E-state index in [0.29, 0.717) is 45.3 Å². The van der Waals surface area contributed by atoms with Crippen molar-refractivity contribution in [2.75, 3.05) is 19.6 Å². The van der Waals surface area contributed by atoms with Crippen LogP contribution in [0.2, 0.25) is 0 Å². The first-order valence-corrected chi connectivity index (χ1v) is 12.9. The molecule has 2 N–H and O–H groups in total. The Balaban J connectivity index is 1.63. The Kier molecular flexibility index (Phi) is 7.79. The van der Waals surface area contributed by atoms with E-state index < -0.39 is 28.1 Å². The molecule has 0 unspecified atom stereocenters. The number of carbonyl (C=O) groups excluding carboxylic acids is 2. The van der Waals surface area contributed by atoms with E-state index in [1.54, 1.807) is 30.9 Å². The maximum atomic E-state index is 13.2. The molecule has 2 amide bonds. The summed E-state index contributed by atoms with van der Waals surface area (Å²) in [6.07, 6.45) is 2.01. The SMILES string of the molecule is Cc1ccc(S(=O)(=O)N[C@H](C(=O)N2CCC(C(=O)N3CCC[C@H]3C(=O)O)CC2)C(C)C)cc1. The number of carboxylic acid groups (broad SMARTS) is 1. The Labute approximate surface area is 195 Å². The number of aliphatic carboxylic acids is 1. The lowest BCUT2D eigenvalue weighted by atomic mass is 9.93. The van der Waals surface area contributed by atoms with Crippen LogP contribution in [-0.4, -0.2) is 72.8 Å². The van der Waals surface area contributed by atoms with Gasteiger partial charge in [-0.15, -0.1) is 0 Å². The number of amides is 2. The minimum atomic E-state index is -3.87. The second-order valence-corrected chi connectivity index (χ2v) is 11.0. The van der Waals surface area contributed by atoms with Crippen molar-refractivity contribution in [1.29, 1.82) is 0 Å². The number of benzene rings is 1. The third-order valence-corrected chi connectivity index (χ3v) is 7.98. The Bertz CT molecular complexity index is 984. The van der Waals surface area contributed by atoms with Gasteiger partial charge in [0.1, 0.15) is 12.1 Å². The fourth-order valence-corrected chi connectivity index (χ4v) is 5.83. The molecule has 1 aromatic carbocycles. The molecule has 10 heteroatoms. The monoisotopic (exact) mass is 479 g/mol. The maximum Gasteiger partial charge on any atom is 0.326 e. The number of rotatable bonds is 7. The Morgan fingerprint density at radius 3 is 2.18 bits per heavy atom. The highest BCUT2D eigenvalue weighted by Gasteiger charge is 2.39. The molecule has 0 bridgehead atoms. The van der Waals surface area contributed by atoms with Gasteiger partial charge in [-0.05, 0) is 50.7 Å². The lowest BCUT2D eigenvalue weighted by Gasteiger charge is -2.36. The summed E-state index contributed by atoms with van der Waals surface area (Å²) < 4.78 is 28.2. The summed E-state index contributed by atoms with van der Waals surface area (Å²) in [5.41, 5.74) is 0.937. The van der Waals surface area contributed by atoms with Crippen molar-refractivity contribution in [1.82, 2.24) is 14.5 Å². The first kappa shape index (κ1) is 25.2. The molecule has 9 nitrogen and oxygen atoms in total. The zero-order valence-corrected chi connectivity index (χ0v) is 20.2. The average Bonchev–Trinajstić information content (AvgIpc) is 3.27. The zero-order valence-electron chi connectivity index (χ0n) is 19.4. The van der Waals surface area contributed by atoms with Crippen molar-refractivity contribution in [3.05, 3.63) is 29.8 Å². The second-order valence-electron chi connectivity index (χ2n) is 9.28. The van der Waals surface area contributed by atoms with Crippen LogP contribution in [0.4, 0.5) is 0 Å². The van der Waals surface area contributed by atoms with Crippen molar-refractivity contribution in [3.8, 4) is 0 Å². The summed E-state index contributed by atoms with van der Waals surface area (Å²) in [5.74, 6) is -2.04. The van der Waals surface area contributed by atoms with Gasteiger partial charge < -0.3 is 14.9 Å². The maximum absolute atomic E-state index is 13.2. The molecule has 33 heavy (non-hydrogen) atoms. The molecule has 0 aliphatic carbocycles. The lowest BCUT2D eigenvalue weighted by Crippen LogP contribution is -2.54. The molecule has 2 aliphatic heterocycles. The number of hydrogen-bond acceptors (Lipinski definition) is 5. The molecular weight excluding hydrogens is 446 g/mol. The average molecular weight is 480 g/mol. The molecule has 2 heterocycles. The van der Waals surface area contributed by atoms with Gasteiger partial charge in [-0.3, -0.25) is 9.59 Å². The first-order valence-electron chi connectivity index (χ1n) is 11.4. The van der Waals surface area contributed by atoms with Gasteiger partial charge in [-0.25, -0.2) is 13.2 Å². The summed E-state index contributed by atoms with van der Waals surface area (Å²) in [6, 6.07) is 4.76. The molecule has 0 aromatic heterocycles. The van der Waals surface area contributed by atoms with Crippen LogP contribution in [0, 0.1) is 18.8 Å². The minimum absolute atomic E-state index is 0.106. The van der Waals surface area contributed by atoms with E-state index in [4.69, 9.17) is 0 Å². The van der Waals surface area contributed by atoms with Crippen molar-refractivity contribution < 1.29 is 27.9 Å². The summed E-state index contributed by atoms with van der Waals surface area (Å²) >= 11 is 0. The smallest absolute Gasteiger partial charge is 0.326 e. The van der Waals surface area contributed by atoms with Crippen molar-refractivity contribution in [3.63, 3.8) is 0 Å². The van der Waals surface area contributed by atoms with Gasteiger partial charge in [0.15, 0.2) is 0 Å². The first-order chi connectivity index (χ1) is 15.5. The van der Waals surface area contributed by atoms with Crippen LogP contribution in [-0.2, 0) is 24.4 Å². The summed E-state index contributed by atoms with van der Waals surface area (Å²) in [5, 5.41) is 9.34. The van der Waals surface area contributed by atoms with E-state index in [9.17, 15) is 27.9 Å². The molecule has 0 saturated carbocycles. The van der Waals surface area contributed by atoms with Gasteiger partial charge in [0.2, 0.25) is 21.8 Å². The Morgan fingerprint density at radius 1 is 1.03 bits per heavy atom. The van der Waals surface area contributed by atoms with Gasteiger partial charge in [0.05, 0.1) is 4.90 Å². The number of nitrogens with one attached hydrogen (secondary N) is 1. The van der Waals surface area contributed by atoms with Crippen LogP contribution in [0.3, 0.4) is 0 Å². The van der Waals surface area contributed by atoms with Crippen molar-refractivity contribution >= 4 is 27.8 Å². The van der Waals surface area contributed by atoms with E-state index in [1.807, 2.05) is 6.92 Å². The van der Waals surface area contributed by atoms with Gasteiger partial charge in [-0.1, -0.05) is 31.5 Å². The standard InChI is InChI=1S/C23H33N3O6S/c1-15(2)20(24-33(31,32)18-8-6-16(3)7-9-18)22(28)25-13-10-17(11-14-25)21(27)26-12-4-5-19(26)23(29)30/h6-9,15,17,19-20,24H,4-5,10-14H2,1-3H3,(H,29,30)/t19-,20-/m0/s1. The van der Waals surface area contributed by atoms with Crippen LogP contribution in [0.25, 0.3) is 0 Å². The predicted molar refractivity (Wildman–Crippen MR) is 122 cm³/mol. The molecule has 1 aromatic rings. The molecule has 0 radical (unpaired) electrons. The molecule has 2 fully saturated rings. The lowest BCUT2D eigenvalue weighted by molar-refractivity contribution is -0.151. The molecule has 0 spiro atoms. The molecule has 2 saturated heterocycles. The largest absolute Gasteiger partial charge is 0.480 e. The van der Waals surface area contributed by atoms with Gasteiger partial charge in [-0.2, -0.15) is 4.72 Å². The highest BCUT2D eigenvalue weighted by atomic mass is 32.2. The van der Waals surface area contributed by atoms with Gasteiger partial charge in [0, 0.05) is 25.6 Å². The van der Waals surface area contributed by atoms with Crippen molar-refractivity contribution in [2.24, 2.45) is 11.8 Å². The topological polar surface area (TPSA) is 124 Å². The van der Waals surface area contributed by atoms with E-state index in [1.165, 1.54) is 17.0 Å². The predicted octanol–water partition coefficient (Wildman–Crippen LogP) is 1.61. The number of carbonyl (C=O) groups is 3. The van der Waals surface area contributed by atoms with Crippen LogP contribution in [0.15, 0.2) is 29.2 Å². The molecule has 2 atom stereocenters. The number of aryl methyl sites for hydroxylation is 1. The van der Waals surface area contributed by atoms with Gasteiger partial charge in [0.25, 0.3) is 0 Å². The van der Waals surface area contributed by atoms with Gasteiger partial charge >= 0.3 is 5.97 Å². The Hall–Kier alpha value is -2.46. The highest BCUT2D eigenvalue weighted by Crippen LogP contribution is 2.26. The normalized spacial score (nSPS) is 20.8. The highest BCUT2D eigenvalue weighted by molar-refractivity contribution is 7.89. The van der Waals surface area contributed by atoms with Crippen molar-refractivity contribution in [2.45, 2.75) is 63.4 Å². The third kappa shape index (κ3) is 5.73. The van der Waals surface area contributed by atoms with Crippen LogP contribution in [0.1, 0.15) is 45.1 Å². The summed E-state index contributed by atoms with van der Waals surface area (Å²) in [4.78, 5) is 40.6. The number of hydrogen-bond donors (Lipinski definition) is 2. The minimum Gasteiger partial charge on any atom is -0.480 e. The summed E-state index contributed by atoms with van der Waals surface area (Å²) in [7, 11) is -3.87. The number of carboxylic acids is 1. The van der Waals surface area contributed by atoms with E-state index in [-0.39, 0.29) is 28.5 Å². The van der Waals surface area contributed by atoms with Crippen LogP contribution in [0.5, 0.6) is 0 Å². The fraction of sp³-hybridized carbons (Fsp3) is 0.609. The number of sulfonamides is 1. The van der Waals surface area contributed by atoms with E-state index in [0.717, 1.165) is 5.56 Å². The van der Waals surface area contributed by atoms with E-state index >= 15 is 0 Å². The number of piperidine rings is 1. The van der Waals surface area contributed by atoms with Crippen LogP contribution < -0.4 is 4.72 Å². The number of nitrogens with zero attached hydrogens (tertiary/aromatic N) is 2.